The molecular weight excluding hydrogens is 288 g/mol. The largest absolute Gasteiger partial charge is 0.370 e. The summed E-state index contributed by atoms with van der Waals surface area (Å²) < 4.78 is 1.59. The molecule has 0 saturated carbocycles. The second-order valence-corrected chi connectivity index (χ2v) is 4.84. The van der Waals surface area contributed by atoms with Gasteiger partial charge in [-0.15, -0.1) is 0 Å². The Hall–Kier alpha value is -2.47. The predicted molar refractivity (Wildman–Crippen MR) is 80.6 cm³/mol. The van der Waals surface area contributed by atoms with E-state index in [-0.39, 0.29) is 0 Å². The fourth-order valence-electron chi connectivity index (χ4n) is 1.88. The highest BCUT2D eigenvalue weighted by Crippen LogP contribution is 2.11. The number of nitrogens with one attached hydrogen (secondary N) is 1. The van der Waals surface area contributed by atoms with Gasteiger partial charge in [-0.1, -0.05) is 23.7 Å². The molecule has 0 aliphatic heterocycles. The first kappa shape index (κ1) is 13.5. The van der Waals surface area contributed by atoms with Crippen LogP contribution in [-0.4, -0.2) is 31.3 Å². The lowest BCUT2D eigenvalue weighted by Crippen LogP contribution is -2.08. The summed E-state index contributed by atoms with van der Waals surface area (Å²) in [5.74, 6) is 1.43. The molecular formula is C14H13ClN6. The van der Waals surface area contributed by atoms with E-state index in [2.05, 4.69) is 25.4 Å². The van der Waals surface area contributed by atoms with Gasteiger partial charge in [0.2, 0.25) is 0 Å². The van der Waals surface area contributed by atoms with Gasteiger partial charge in [0.1, 0.15) is 24.8 Å². The van der Waals surface area contributed by atoms with E-state index in [4.69, 9.17) is 11.6 Å². The standard InChI is InChI=1S/C14H13ClN6/c15-12-3-1-11(2-4-12)5-6-17-13-7-14(19-9-18-13)21-10-16-8-20-21/h1-4,7-10H,5-6H2,(H,17,18,19). The monoisotopic (exact) mass is 300 g/mol. The van der Waals surface area contributed by atoms with Crippen molar-refractivity contribution in [3.63, 3.8) is 0 Å². The summed E-state index contributed by atoms with van der Waals surface area (Å²) in [5, 5.41) is 8.05. The van der Waals surface area contributed by atoms with E-state index < -0.39 is 0 Å². The molecule has 0 saturated heterocycles. The maximum absolute atomic E-state index is 5.86. The van der Waals surface area contributed by atoms with Crippen molar-refractivity contribution in [2.75, 3.05) is 11.9 Å². The molecule has 3 rings (SSSR count). The van der Waals surface area contributed by atoms with Gasteiger partial charge in [-0.25, -0.2) is 19.6 Å². The van der Waals surface area contributed by atoms with Gasteiger partial charge in [-0.2, -0.15) is 5.10 Å². The van der Waals surface area contributed by atoms with E-state index in [1.807, 2.05) is 30.3 Å². The molecule has 0 atom stereocenters. The van der Waals surface area contributed by atoms with E-state index in [9.17, 15) is 0 Å². The van der Waals surface area contributed by atoms with E-state index in [0.717, 1.165) is 23.8 Å². The number of hydrogen-bond donors (Lipinski definition) is 1. The van der Waals surface area contributed by atoms with Crippen molar-refractivity contribution in [3.05, 3.63) is 59.9 Å². The van der Waals surface area contributed by atoms with Gasteiger partial charge >= 0.3 is 0 Å². The molecule has 106 valence electrons. The van der Waals surface area contributed by atoms with Crippen molar-refractivity contribution in [3.8, 4) is 5.82 Å². The molecule has 0 radical (unpaired) electrons. The van der Waals surface area contributed by atoms with E-state index in [0.29, 0.717) is 5.82 Å². The molecule has 0 fully saturated rings. The Labute approximate surface area is 126 Å². The highest BCUT2D eigenvalue weighted by atomic mass is 35.5. The molecule has 6 nitrogen and oxygen atoms in total. The van der Waals surface area contributed by atoms with Crippen molar-refractivity contribution in [2.24, 2.45) is 0 Å². The molecule has 0 bridgehead atoms. The van der Waals surface area contributed by atoms with Crippen LogP contribution in [0.25, 0.3) is 5.82 Å². The zero-order valence-corrected chi connectivity index (χ0v) is 11.9. The summed E-state index contributed by atoms with van der Waals surface area (Å²) in [5.41, 5.74) is 1.22. The molecule has 0 aliphatic rings. The zero-order valence-electron chi connectivity index (χ0n) is 11.1. The summed E-state index contributed by atoms with van der Waals surface area (Å²) in [6, 6.07) is 9.65. The normalized spacial score (nSPS) is 10.5. The number of rotatable bonds is 5. The van der Waals surface area contributed by atoms with E-state index >= 15 is 0 Å². The Morgan fingerprint density at radius 2 is 1.95 bits per heavy atom. The average molecular weight is 301 g/mol. The Morgan fingerprint density at radius 1 is 1.10 bits per heavy atom. The molecule has 3 aromatic rings. The minimum atomic E-state index is 0.677. The molecule has 7 heteroatoms. The smallest absolute Gasteiger partial charge is 0.160 e. The van der Waals surface area contributed by atoms with Crippen molar-refractivity contribution in [1.29, 1.82) is 0 Å². The first-order chi connectivity index (χ1) is 10.3. The van der Waals surface area contributed by atoms with Crippen LogP contribution in [0, 0.1) is 0 Å². The molecule has 0 aliphatic carbocycles. The SMILES string of the molecule is Clc1ccc(CCNc2cc(-n3cncn3)ncn2)cc1. The summed E-state index contributed by atoms with van der Waals surface area (Å²) in [6.45, 7) is 0.773. The maximum atomic E-state index is 5.86. The first-order valence-corrected chi connectivity index (χ1v) is 6.84. The lowest BCUT2D eigenvalue weighted by atomic mass is 10.1. The third-order valence-electron chi connectivity index (χ3n) is 2.94. The molecule has 2 heterocycles. The minimum Gasteiger partial charge on any atom is -0.370 e. The van der Waals surface area contributed by atoms with Crippen LogP contribution in [0.5, 0.6) is 0 Å². The topological polar surface area (TPSA) is 68.5 Å². The second-order valence-electron chi connectivity index (χ2n) is 4.40. The number of hydrogen-bond acceptors (Lipinski definition) is 5. The molecule has 0 amide bonds. The minimum absolute atomic E-state index is 0.677. The summed E-state index contributed by atoms with van der Waals surface area (Å²) >= 11 is 5.86. The summed E-state index contributed by atoms with van der Waals surface area (Å²) in [4.78, 5) is 12.2. The van der Waals surface area contributed by atoms with Gasteiger partial charge in [0.15, 0.2) is 5.82 Å². The fourth-order valence-corrected chi connectivity index (χ4v) is 2.01. The van der Waals surface area contributed by atoms with Crippen LogP contribution in [0.2, 0.25) is 5.02 Å². The Bertz CT molecular complexity index is 696. The number of aromatic nitrogens is 5. The van der Waals surface area contributed by atoms with Crippen LogP contribution in [0.3, 0.4) is 0 Å². The number of nitrogens with zero attached hydrogens (tertiary/aromatic N) is 5. The van der Waals surface area contributed by atoms with Crippen LogP contribution in [0.1, 0.15) is 5.56 Å². The second kappa shape index (κ2) is 6.32. The van der Waals surface area contributed by atoms with Gasteiger partial charge < -0.3 is 5.32 Å². The number of benzene rings is 1. The zero-order chi connectivity index (χ0) is 14.5. The van der Waals surface area contributed by atoms with Crippen LogP contribution in [-0.2, 0) is 6.42 Å². The van der Waals surface area contributed by atoms with Gasteiger partial charge in [-0.05, 0) is 24.1 Å². The number of halogens is 1. The fraction of sp³-hybridized carbons (Fsp3) is 0.143. The van der Waals surface area contributed by atoms with Gasteiger partial charge in [-0.3, -0.25) is 0 Å². The van der Waals surface area contributed by atoms with Gasteiger partial charge in [0.25, 0.3) is 0 Å². The average Bonchev–Trinajstić information content (AvgIpc) is 3.04. The highest BCUT2D eigenvalue weighted by molar-refractivity contribution is 6.30. The van der Waals surface area contributed by atoms with Crippen LogP contribution in [0.4, 0.5) is 5.82 Å². The molecule has 21 heavy (non-hydrogen) atoms. The van der Waals surface area contributed by atoms with Crippen LogP contribution >= 0.6 is 11.6 Å². The Morgan fingerprint density at radius 3 is 2.71 bits per heavy atom. The summed E-state index contributed by atoms with van der Waals surface area (Å²) in [7, 11) is 0. The van der Waals surface area contributed by atoms with Gasteiger partial charge in [0, 0.05) is 17.6 Å². The maximum Gasteiger partial charge on any atom is 0.160 e. The van der Waals surface area contributed by atoms with E-state index in [1.54, 1.807) is 11.0 Å². The molecule has 0 spiro atoms. The van der Waals surface area contributed by atoms with Gasteiger partial charge in [0.05, 0.1) is 0 Å². The Kier molecular flexibility index (Phi) is 4.07. The first-order valence-electron chi connectivity index (χ1n) is 6.46. The predicted octanol–water partition coefficient (Wildman–Crippen LogP) is 2.37. The van der Waals surface area contributed by atoms with E-state index in [1.165, 1.54) is 18.2 Å². The van der Waals surface area contributed by atoms with Crippen LogP contribution < -0.4 is 5.32 Å². The van der Waals surface area contributed by atoms with Crippen molar-refractivity contribution in [2.45, 2.75) is 6.42 Å². The third kappa shape index (κ3) is 3.55. The van der Waals surface area contributed by atoms with Crippen LogP contribution in [0.15, 0.2) is 49.3 Å². The Balaban J connectivity index is 1.60. The number of anilines is 1. The molecule has 1 N–H and O–H groups in total. The lowest BCUT2D eigenvalue weighted by Gasteiger charge is -2.07. The lowest BCUT2D eigenvalue weighted by molar-refractivity contribution is 0.837. The molecule has 2 aromatic heterocycles. The van der Waals surface area contributed by atoms with Crippen molar-refractivity contribution in [1.82, 2.24) is 24.7 Å². The summed E-state index contributed by atoms with van der Waals surface area (Å²) in [6.07, 6.45) is 5.46. The highest BCUT2D eigenvalue weighted by Gasteiger charge is 2.01. The van der Waals surface area contributed by atoms with Crippen molar-refractivity contribution < 1.29 is 0 Å². The quantitative estimate of drug-likeness (QED) is 0.783. The third-order valence-corrected chi connectivity index (χ3v) is 3.19. The molecule has 1 aromatic carbocycles. The van der Waals surface area contributed by atoms with Crippen molar-refractivity contribution >= 4 is 17.4 Å². The molecule has 0 unspecified atom stereocenters.